The molecule has 5 nitrogen and oxygen atoms in total. The summed E-state index contributed by atoms with van der Waals surface area (Å²) in [6.45, 7) is 0.734. The summed E-state index contributed by atoms with van der Waals surface area (Å²) in [7, 11) is 0. The molecule has 0 spiro atoms. The minimum Gasteiger partial charge on any atom is -0.369 e. The Labute approximate surface area is 108 Å². The maximum Gasteiger partial charge on any atom is 0.268 e. The summed E-state index contributed by atoms with van der Waals surface area (Å²) in [4.78, 5) is 19.0. The number of nitrogens with one attached hydrogen (secondary N) is 2. The van der Waals surface area contributed by atoms with Crippen molar-refractivity contribution in [2.24, 2.45) is 0 Å². The van der Waals surface area contributed by atoms with Gasteiger partial charge in [0.05, 0.1) is 5.25 Å². The van der Waals surface area contributed by atoms with Crippen molar-refractivity contribution in [3.63, 3.8) is 0 Å². The number of hydrogen-bond acceptors (Lipinski definition) is 5. The average molecular weight is 260 g/mol. The Balaban J connectivity index is 1.97. The lowest BCUT2D eigenvalue weighted by Crippen LogP contribution is -2.24. The highest BCUT2D eigenvalue weighted by atomic mass is 32.2. The zero-order valence-electron chi connectivity index (χ0n) is 9.51. The highest BCUT2D eigenvalue weighted by Crippen LogP contribution is 2.40. The number of thioether (sulfide) groups is 1. The van der Waals surface area contributed by atoms with Gasteiger partial charge in [0.1, 0.15) is 10.7 Å². The number of H-pyrrole nitrogens is 1. The van der Waals surface area contributed by atoms with E-state index >= 15 is 0 Å². The molecule has 1 aromatic heterocycles. The molecule has 18 heavy (non-hydrogen) atoms. The Morgan fingerprint density at radius 2 is 2.11 bits per heavy atom. The number of rotatable bonds is 1. The van der Waals surface area contributed by atoms with Gasteiger partial charge in [0.15, 0.2) is 0 Å². The summed E-state index contributed by atoms with van der Waals surface area (Å²) in [5.41, 5.74) is 6.52. The number of aromatic nitrogens is 2. The fraction of sp³-hybridized carbons (Fsp3) is 0.167. The zero-order chi connectivity index (χ0) is 12.5. The molecule has 0 fully saturated rings. The van der Waals surface area contributed by atoms with Gasteiger partial charge in [0.2, 0.25) is 5.95 Å². The molecule has 4 N–H and O–H groups in total. The summed E-state index contributed by atoms with van der Waals surface area (Å²) in [5, 5.41) is 3.37. The molecule has 0 aliphatic carbocycles. The normalized spacial score (nSPS) is 17.9. The fourth-order valence-corrected chi connectivity index (χ4v) is 3.07. The van der Waals surface area contributed by atoms with E-state index in [2.05, 4.69) is 27.4 Å². The Hall–Kier alpha value is -1.95. The largest absolute Gasteiger partial charge is 0.369 e. The minimum absolute atomic E-state index is 0.144. The quantitative estimate of drug-likeness (QED) is 0.725. The molecule has 1 aromatic carbocycles. The number of nitrogens with zero attached hydrogens (tertiary/aromatic N) is 1. The number of nitrogens with two attached hydrogens (primary N) is 1. The fourth-order valence-electron chi connectivity index (χ4n) is 1.94. The third-order valence-corrected chi connectivity index (χ3v) is 4.12. The van der Waals surface area contributed by atoms with Crippen LogP contribution in [-0.2, 0) is 0 Å². The van der Waals surface area contributed by atoms with E-state index in [1.165, 1.54) is 17.3 Å². The smallest absolute Gasteiger partial charge is 0.268 e. The maximum atomic E-state index is 11.8. The topological polar surface area (TPSA) is 83.8 Å². The van der Waals surface area contributed by atoms with E-state index in [0.717, 1.165) is 6.54 Å². The molecular formula is C12H12N4OS. The number of nitrogen functional groups attached to an aromatic ring is 1. The molecule has 0 saturated carbocycles. The molecular weight excluding hydrogens is 248 g/mol. The molecule has 3 rings (SSSR count). The van der Waals surface area contributed by atoms with Gasteiger partial charge in [-0.2, -0.15) is 4.98 Å². The van der Waals surface area contributed by atoms with Crippen molar-refractivity contribution in [2.75, 3.05) is 17.6 Å². The predicted octanol–water partition coefficient (Wildman–Crippen LogP) is 1.61. The molecule has 0 amide bonds. The summed E-state index contributed by atoms with van der Waals surface area (Å²) in [5.74, 6) is 0.721. The third-order valence-electron chi connectivity index (χ3n) is 2.78. The number of benzene rings is 1. The van der Waals surface area contributed by atoms with Crippen molar-refractivity contribution in [1.82, 2.24) is 9.97 Å². The van der Waals surface area contributed by atoms with Crippen LogP contribution < -0.4 is 16.6 Å². The molecule has 1 aliphatic rings. The van der Waals surface area contributed by atoms with Crippen molar-refractivity contribution < 1.29 is 0 Å². The molecule has 1 atom stereocenters. The first kappa shape index (κ1) is 11.2. The lowest BCUT2D eigenvalue weighted by atomic mass is 10.1. The summed E-state index contributed by atoms with van der Waals surface area (Å²) >= 11 is 1.52. The number of anilines is 2. The van der Waals surface area contributed by atoms with Crippen molar-refractivity contribution in [3.8, 4) is 0 Å². The minimum atomic E-state index is -0.185. The van der Waals surface area contributed by atoms with Crippen LogP contribution in [0.25, 0.3) is 0 Å². The number of hydrogen-bond donors (Lipinski definition) is 3. The van der Waals surface area contributed by atoms with Gasteiger partial charge in [0.25, 0.3) is 5.56 Å². The van der Waals surface area contributed by atoms with Crippen LogP contribution in [0.3, 0.4) is 0 Å². The second-order valence-electron chi connectivity index (χ2n) is 4.03. The van der Waals surface area contributed by atoms with Crippen molar-refractivity contribution in [3.05, 3.63) is 46.2 Å². The van der Waals surface area contributed by atoms with E-state index < -0.39 is 0 Å². The van der Waals surface area contributed by atoms with E-state index in [1.54, 1.807) is 0 Å². The monoisotopic (exact) mass is 260 g/mol. The second-order valence-corrected chi connectivity index (χ2v) is 5.24. The lowest BCUT2D eigenvalue weighted by molar-refractivity contribution is 0.923. The molecule has 92 valence electrons. The molecule has 0 saturated heterocycles. The van der Waals surface area contributed by atoms with Crippen LogP contribution in [0.5, 0.6) is 0 Å². The summed E-state index contributed by atoms with van der Waals surface area (Å²) < 4.78 is 0. The van der Waals surface area contributed by atoms with E-state index in [1.807, 2.05) is 18.2 Å². The van der Waals surface area contributed by atoms with Gasteiger partial charge in [0, 0.05) is 6.54 Å². The number of aromatic amines is 1. The number of fused-ring (bicyclic) bond motifs is 1. The predicted molar refractivity (Wildman–Crippen MR) is 72.8 cm³/mol. The van der Waals surface area contributed by atoms with E-state index in [4.69, 9.17) is 5.73 Å². The van der Waals surface area contributed by atoms with Crippen molar-refractivity contribution in [2.45, 2.75) is 10.1 Å². The standard InChI is InChI=1S/C12H12N4OS/c13-12-15-10-9(11(17)16-12)18-8(6-14-10)7-4-2-1-3-5-7/h1-5,8H,6H2,(H4,13,14,15,16,17). The lowest BCUT2D eigenvalue weighted by Gasteiger charge is -2.24. The highest BCUT2D eigenvalue weighted by Gasteiger charge is 2.24. The van der Waals surface area contributed by atoms with Gasteiger partial charge in [-0.3, -0.25) is 9.78 Å². The molecule has 2 heterocycles. The molecule has 0 bridgehead atoms. The molecule has 6 heteroatoms. The second kappa shape index (κ2) is 4.38. The Morgan fingerprint density at radius 1 is 1.33 bits per heavy atom. The van der Waals surface area contributed by atoms with Crippen LogP contribution in [0.15, 0.2) is 40.0 Å². The van der Waals surface area contributed by atoms with Crippen LogP contribution >= 0.6 is 11.8 Å². The van der Waals surface area contributed by atoms with E-state index in [-0.39, 0.29) is 16.8 Å². The maximum absolute atomic E-state index is 11.8. The first-order chi connectivity index (χ1) is 8.74. The average Bonchev–Trinajstić information content (AvgIpc) is 2.39. The third kappa shape index (κ3) is 1.95. The van der Waals surface area contributed by atoms with Crippen LogP contribution in [-0.4, -0.2) is 16.5 Å². The van der Waals surface area contributed by atoms with Crippen LogP contribution in [0.1, 0.15) is 10.8 Å². The van der Waals surface area contributed by atoms with Crippen LogP contribution in [0.4, 0.5) is 11.8 Å². The first-order valence-corrected chi connectivity index (χ1v) is 6.47. The Bertz CT molecular complexity index is 626. The van der Waals surface area contributed by atoms with E-state index in [0.29, 0.717) is 10.7 Å². The summed E-state index contributed by atoms with van der Waals surface area (Å²) in [6, 6.07) is 10.1. The van der Waals surface area contributed by atoms with Crippen molar-refractivity contribution in [1.29, 1.82) is 0 Å². The van der Waals surface area contributed by atoms with Gasteiger partial charge in [-0.15, -0.1) is 11.8 Å². The SMILES string of the molecule is Nc1nc2c(c(=O)[nH]1)SC(c1ccccc1)CN2. The van der Waals surface area contributed by atoms with Crippen LogP contribution in [0, 0.1) is 0 Å². The Kier molecular flexibility index (Phi) is 2.71. The van der Waals surface area contributed by atoms with Gasteiger partial charge < -0.3 is 11.1 Å². The molecule has 1 unspecified atom stereocenters. The van der Waals surface area contributed by atoms with Gasteiger partial charge in [-0.1, -0.05) is 30.3 Å². The first-order valence-electron chi connectivity index (χ1n) is 5.59. The molecule has 2 aromatic rings. The van der Waals surface area contributed by atoms with Gasteiger partial charge in [-0.05, 0) is 5.56 Å². The van der Waals surface area contributed by atoms with Crippen LogP contribution in [0.2, 0.25) is 0 Å². The van der Waals surface area contributed by atoms with Crippen molar-refractivity contribution >= 4 is 23.5 Å². The molecule has 0 radical (unpaired) electrons. The van der Waals surface area contributed by atoms with E-state index in [9.17, 15) is 4.79 Å². The zero-order valence-corrected chi connectivity index (χ0v) is 10.3. The highest BCUT2D eigenvalue weighted by molar-refractivity contribution is 7.99. The Morgan fingerprint density at radius 3 is 2.89 bits per heavy atom. The van der Waals surface area contributed by atoms with Gasteiger partial charge >= 0.3 is 0 Å². The summed E-state index contributed by atoms with van der Waals surface area (Å²) in [6.07, 6.45) is 0. The molecule has 1 aliphatic heterocycles. The van der Waals surface area contributed by atoms with Gasteiger partial charge in [-0.25, -0.2) is 0 Å².